The number of aliphatic carboxylic acids is 1. The minimum Gasteiger partial charge on any atom is -0.481 e. The van der Waals surface area contributed by atoms with Crippen molar-refractivity contribution >= 4 is 5.97 Å². The lowest BCUT2D eigenvalue weighted by molar-refractivity contribution is -0.141. The van der Waals surface area contributed by atoms with Crippen LogP contribution >= 0.6 is 0 Å². The van der Waals surface area contributed by atoms with Crippen LogP contribution in [0.5, 0.6) is 0 Å². The standard InChI is InChI=1S/C13H16O3/c14-13(15)12(10-5-2-1-3-6-10)11-7-4-8-16-9-11/h1-3,5-6,11-12H,4,7-9H2,(H,14,15). The Labute approximate surface area is 95.0 Å². The van der Waals surface area contributed by atoms with E-state index < -0.39 is 11.9 Å². The summed E-state index contributed by atoms with van der Waals surface area (Å²) in [5, 5.41) is 9.32. The molecule has 3 nitrogen and oxygen atoms in total. The van der Waals surface area contributed by atoms with Crippen LogP contribution in [-0.2, 0) is 9.53 Å². The lowest BCUT2D eigenvalue weighted by Gasteiger charge is -2.27. The van der Waals surface area contributed by atoms with Gasteiger partial charge in [-0.2, -0.15) is 0 Å². The van der Waals surface area contributed by atoms with E-state index in [4.69, 9.17) is 4.74 Å². The van der Waals surface area contributed by atoms with Crippen molar-refractivity contribution in [1.82, 2.24) is 0 Å². The molecule has 0 spiro atoms. The smallest absolute Gasteiger partial charge is 0.311 e. The maximum atomic E-state index is 11.3. The zero-order valence-electron chi connectivity index (χ0n) is 9.13. The van der Waals surface area contributed by atoms with Gasteiger partial charge in [-0.1, -0.05) is 30.3 Å². The number of carboxylic acid groups (broad SMARTS) is 1. The highest BCUT2D eigenvalue weighted by Gasteiger charge is 2.31. The number of carboxylic acids is 1. The largest absolute Gasteiger partial charge is 0.481 e. The third-order valence-corrected chi connectivity index (χ3v) is 3.09. The Balaban J connectivity index is 2.20. The molecule has 1 aromatic rings. The second-order valence-electron chi connectivity index (χ2n) is 4.20. The molecule has 0 saturated carbocycles. The van der Waals surface area contributed by atoms with Crippen molar-refractivity contribution < 1.29 is 14.6 Å². The van der Waals surface area contributed by atoms with Crippen LogP contribution in [-0.4, -0.2) is 24.3 Å². The summed E-state index contributed by atoms with van der Waals surface area (Å²) < 4.78 is 5.37. The van der Waals surface area contributed by atoms with Gasteiger partial charge in [-0.3, -0.25) is 4.79 Å². The van der Waals surface area contributed by atoms with E-state index in [9.17, 15) is 9.90 Å². The van der Waals surface area contributed by atoms with Crippen molar-refractivity contribution in [3.05, 3.63) is 35.9 Å². The average Bonchev–Trinajstić information content (AvgIpc) is 2.31. The molecule has 2 rings (SSSR count). The summed E-state index contributed by atoms with van der Waals surface area (Å²) in [5.41, 5.74) is 0.880. The molecule has 1 aromatic carbocycles. The summed E-state index contributed by atoms with van der Waals surface area (Å²) in [4.78, 5) is 11.3. The Morgan fingerprint density at radius 2 is 2.12 bits per heavy atom. The van der Waals surface area contributed by atoms with Gasteiger partial charge in [-0.05, 0) is 24.3 Å². The van der Waals surface area contributed by atoms with E-state index in [0.29, 0.717) is 6.61 Å². The zero-order valence-corrected chi connectivity index (χ0v) is 9.13. The lowest BCUT2D eigenvalue weighted by Crippen LogP contribution is -2.28. The Morgan fingerprint density at radius 3 is 2.69 bits per heavy atom. The Bertz CT molecular complexity index is 341. The summed E-state index contributed by atoms with van der Waals surface area (Å²) in [6.07, 6.45) is 1.90. The van der Waals surface area contributed by atoms with Crippen molar-refractivity contribution in [3.8, 4) is 0 Å². The molecule has 0 aliphatic carbocycles. The average molecular weight is 220 g/mol. The highest BCUT2D eigenvalue weighted by atomic mass is 16.5. The van der Waals surface area contributed by atoms with Gasteiger partial charge < -0.3 is 9.84 Å². The second-order valence-corrected chi connectivity index (χ2v) is 4.20. The van der Waals surface area contributed by atoms with E-state index in [1.165, 1.54) is 0 Å². The molecule has 0 amide bonds. The van der Waals surface area contributed by atoms with Crippen molar-refractivity contribution in [2.24, 2.45) is 5.92 Å². The molecule has 1 saturated heterocycles. The number of ether oxygens (including phenoxy) is 1. The quantitative estimate of drug-likeness (QED) is 0.850. The van der Waals surface area contributed by atoms with Gasteiger partial charge >= 0.3 is 5.97 Å². The predicted octanol–water partition coefficient (Wildman–Crippen LogP) is 2.28. The van der Waals surface area contributed by atoms with E-state index in [1.54, 1.807) is 0 Å². The first-order valence-electron chi connectivity index (χ1n) is 5.64. The number of hydrogen-bond donors (Lipinski definition) is 1. The van der Waals surface area contributed by atoms with Crippen LogP contribution in [0.25, 0.3) is 0 Å². The van der Waals surface area contributed by atoms with E-state index in [0.717, 1.165) is 25.0 Å². The minimum absolute atomic E-state index is 0.105. The van der Waals surface area contributed by atoms with Crippen molar-refractivity contribution in [3.63, 3.8) is 0 Å². The van der Waals surface area contributed by atoms with E-state index >= 15 is 0 Å². The molecule has 1 fully saturated rings. The predicted molar refractivity (Wildman–Crippen MR) is 60.4 cm³/mol. The van der Waals surface area contributed by atoms with Gasteiger partial charge in [0.1, 0.15) is 0 Å². The fourth-order valence-electron chi connectivity index (χ4n) is 2.31. The molecule has 86 valence electrons. The van der Waals surface area contributed by atoms with Gasteiger partial charge in [-0.15, -0.1) is 0 Å². The molecule has 0 aromatic heterocycles. The van der Waals surface area contributed by atoms with Crippen LogP contribution in [0.3, 0.4) is 0 Å². The molecule has 0 radical (unpaired) electrons. The van der Waals surface area contributed by atoms with Crippen molar-refractivity contribution in [2.75, 3.05) is 13.2 Å². The summed E-state index contributed by atoms with van der Waals surface area (Å²) in [5.74, 6) is -1.07. The maximum absolute atomic E-state index is 11.3. The van der Waals surface area contributed by atoms with Gasteiger partial charge in [0, 0.05) is 6.61 Å². The van der Waals surface area contributed by atoms with Gasteiger partial charge in [-0.25, -0.2) is 0 Å². The molecule has 0 bridgehead atoms. The normalized spacial score (nSPS) is 22.6. The fourth-order valence-corrected chi connectivity index (χ4v) is 2.31. The van der Waals surface area contributed by atoms with E-state index in [-0.39, 0.29) is 5.92 Å². The molecular weight excluding hydrogens is 204 g/mol. The van der Waals surface area contributed by atoms with Crippen LogP contribution in [0, 0.1) is 5.92 Å². The van der Waals surface area contributed by atoms with Crippen LogP contribution in [0.4, 0.5) is 0 Å². The molecule has 1 heterocycles. The summed E-state index contributed by atoms with van der Waals surface area (Å²) in [7, 11) is 0. The van der Waals surface area contributed by atoms with E-state index in [1.807, 2.05) is 30.3 Å². The lowest BCUT2D eigenvalue weighted by atomic mass is 9.83. The SMILES string of the molecule is O=C(O)C(c1ccccc1)C1CCCOC1. The van der Waals surface area contributed by atoms with Gasteiger partial charge in [0.25, 0.3) is 0 Å². The van der Waals surface area contributed by atoms with Crippen LogP contribution in [0.15, 0.2) is 30.3 Å². The molecular formula is C13H16O3. The first-order chi connectivity index (χ1) is 7.79. The Kier molecular flexibility index (Phi) is 3.57. The maximum Gasteiger partial charge on any atom is 0.311 e. The Hall–Kier alpha value is -1.35. The number of hydrogen-bond acceptors (Lipinski definition) is 2. The first kappa shape index (κ1) is 11.1. The molecule has 2 atom stereocenters. The van der Waals surface area contributed by atoms with Crippen LogP contribution in [0.2, 0.25) is 0 Å². The number of benzene rings is 1. The van der Waals surface area contributed by atoms with Crippen molar-refractivity contribution in [1.29, 1.82) is 0 Å². The molecule has 2 unspecified atom stereocenters. The van der Waals surface area contributed by atoms with E-state index in [2.05, 4.69) is 0 Å². The van der Waals surface area contributed by atoms with Gasteiger partial charge in [0.2, 0.25) is 0 Å². The van der Waals surface area contributed by atoms with Crippen LogP contribution in [0.1, 0.15) is 24.3 Å². The molecule has 3 heteroatoms. The fraction of sp³-hybridized carbons (Fsp3) is 0.462. The Morgan fingerprint density at radius 1 is 1.38 bits per heavy atom. The summed E-state index contributed by atoms with van der Waals surface area (Å²) >= 11 is 0. The van der Waals surface area contributed by atoms with Gasteiger partial charge in [0.05, 0.1) is 12.5 Å². The monoisotopic (exact) mass is 220 g/mol. The number of carbonyl (C=O) groups is 1. The minimum atomic E-state index is -0.748. The highest BCUT2D eigenvalue weighted by molar-refractivity contribution is 5.76. The molecule has 1 aliphatic heterocycles. The molecule has 1 N–H and O–H groups in total. The zero-order chi connectivity index (χ0) is 11.4. The highest BCUT2D eigenvalue weighted by Crippen LogP contribution is 2.30. The number of rotatable bonds is 3. The molecule has 16 heavy (non-hydrogen) atoms. The third-order valence-electron chi connectivity index (χ3n) is 3.09. The first-order valence-corrected chi connectivity index (χ1v) is 5.64. The van der Waals surface area contributed by atoms with Crippen molar-refractivity contribution in [2.45, 2.75) is 18.8 Å². The van der Waals surface area contributed by atoms with Gasteiger partial charge in [0.15, 0.2) is 0 Å². The third kappa shape index (κ3) is 2.42. The summed E-state index contributed by atoms with van der Waals surface area (Å²) in [6.45, 7) is 1.32. The summed E-state index contributed by atoms with van der Waals surface area (Å²) in [6, 6.07) is 9.43. The second kappa shape index (κ2) is 5.12. The topological polar surface area (TPSA) is 46.5 Å². The molecule has 1 aliphatic rings. The van der Waals surface area contributed by atoms with Crippen LogP contribution < -0.4 is 0 Å².